The zero-order chi connectivity index (χ0) is 25.0. The zero-order valence-electron chi connectivity index (χ0n) is 18.1. The second-order valence-electron chi connectivity index (χ2n) is 6.74. The third kappa shape index (κ3) is 6.57. The maximum Gasteiger partial charge on any atom is 0.417 e. The van der Waals surface area contributed by atoms with Gasteiger partial charge in [0.25, 0.3) is 0 Å². The number of hydrogen-bond donors (Lipinski definition) is 1. The summed E-state index contributed by atoms with van der Waals surface area (Å²) in [7, 11) is 0.180. The first-order valence-electron chi connectivity index (χ1n) is 9.21. The first-order chi connectivity index (χ1) is 15.3. The lowest BCUT2D eigenvalue weighted by molar-refractivity contribution is -0.137. The molecule has 182 valence electrons. The molecule has 33 heavy (non-hydrogen) atoms. The summed E-state index contributed by atoms with van der Waals surface area (Å²) in [5, 5.41) is 1.93. The van der Waals surface area contributed by atoms with E-state index in [1.54, 1.807) is 12.1 Å². The minimum atomic E-state index is -4.80. The number of anilines is 1. The fourth-order valence-electron chi connectivity index (χ4n) is 2.91. The quantitative estimate of drug-likeness (QED) is 0.555. The lowest BCUT2D eigenvalue weighted by Crippen LogP contribution is -2.40. The summed E-state index contributed by atoms with van der Waals surface area (Å²) in [6, 6.07) is 5.77. The van der Waals surface area contributed by atoms with Crippen LogP contribution >= 0.6 is 11.6 Å². The molecular formula is C20H22ClF3N2O6S. The molecule has 0 bridgehead atoms. The second kappa shape index (κ2) is 10.4. The number of hydrogen-bond acceptors (Lipinski definition) is 6. The number of nitrogens with one attached hydrogen (secondary N) is 1. The predicted octanol–water partition coefficient (Wildman–Crippen LogP) is 3.47. The molecule has 1 amide bonds. The molecule has 1 N–H and O–H groups in total. The van der Waals surface area contributed by atoms with Gasteiger partial charge in [-0.1, -0.05) is 11.6 Å². The molecule has 0 aliphatic carbocycles. The largest absolute Gasteiger partial charge is 0.493 e. The van der Waals surface area contributed by atoms with E-state index in [1.165, 1.54) is 21.3 Å². The Balaban J connectivity index is 2.25. The molecule has 0 radical (unpaired) electrons. The Labute approximate surface area is 194 Å². The minimum absolute atomic E-state index is 0.0401. The van der Waals surface area contributed by atoms with Gasteiger partial charge in [-0.3, -0.25) is 9.10 Å². The van der Waals surface area contributed by atoms with Gasteiger partial charge in [-0.15, -0.1) is 0 Å². The molecule has 2 rings (SSSR count). The molecule has 0 aromatic heterocycles. The molecule has 0 saturated heterocycles. The number of methoxy groups -OCH3 is 3. The normalized spacial score (nSPS) is 11.6. The highest BCUT2D eigenvalue weighted by molar-refractivity contribution is 7.92. The smallest absolute Gasteiger partial charge is 0.417 e. The van der Waals surface area contributed by atoms with Crippen LogP contribution in [-0.4, -0.2) is 48.5 Å². The summed E-state index contributed by atoms with van der Waals surface area (Å²) in [5.41, 5.74) is -1.01. The van der Waals surface area contributed by atoms with Crippen molar-refractivity contribution in [3.63, 3.8) is 0 Å². The minimum Gasteiger partial charge on any atom is -0.493 e. The number of alkyl halides is 3. The number of sulfonamides is 1. The van der Waals surface area contributed by atoms with E-state index >= 15 is 0 Å². The first kappa shape index (κ1) is 26.4. The van der Waals surface area contributed by atoms with Gasteiger partial charge in [-0.05, 0) is 35.9 Å². The van der Waals surface area contributed by atoms with Crippen molar-refractivity contribution >= 4 is 33.2 Å². The Morgan fingerprint density at radius 3 is 2.09 bits per heavy atom. The number of rotatable bonds is 9. The third-order valence-corrected chi connectivity index (χ3v) is 5.92. The van der Waals surface area contributed by atoms with Gasteiger partial charge in [0.15, 0.2) is 11.5 Å². The van der Waals surface area contributed by atoms with Crippen LogP contribution in [0.5, 0.6) is 17.2 Å². The number of ether oxygens (including phenoxy) is 3. The molecule has 2 aromatic rings. The Morgan fingerprint density at radius 1 is 1.06 bits per heavy atom. The molecule has 0 aliphatic rings. The highest BCUT2D eigenvalue weighted by Crippen LogP contribution is 2.39. The molecule has 0 heterocycles. The summed E-state index contributed by atoms with van der Waals surface area (Å²) in [6.45, 7) is -0.788. The van der Waals surface area contributed by atoms with Crippen LogP contribution in [0.4, 0.5) is 18.9 Å². The van der Waals surface area contributed by atoms with E-state index < -0.39 is 39.2 Å². The van der Waals surface area contributed by atoms with Crippen molar-refractivity contribution in [2.24, 2.45) is 0 Å². The number of nitrogens with zero attached hydrogens (tertiary/aromatic N) is 1. The van der Waals surface area contributed by atoms with E-state index in [2.05, 4.69) is 5.32 Å². The van der Waals surface area contributed by atoms with Crippen molar-refractivity contribution in [3.8, 4) is 17.2 Å². The van der Waals surface area contributed by atoms with Crippen molar-refractivity contribution in [2.45, 2.75) is 12.7 Å². The van der Waals surface area contributed by atoms with Gasteiger partial charge in [0, 0.05) is 6.54 Å². The van der Waals surface area contributed by atoms with E-state index in [9.17, 15) is 26.4 Å². The van der Waals surface area contributed by atoms with Crippen molar-refractivity contribution in [1.82, 2.24) is 5.32 Å². The Kier molecular flexibility index (Phi) is 8.30. The van der Waals surface area contributed by atoms with Gasteiger partial charge < -0.3 is 19.5 Å². The van der Waals surface area contributed by atoms with Gasteiger partial charge in [0.2, 0.25) is 21.7 Å². The Morgan fingerprint density at radius 2 is 1.64 bits per heavy atom. The number of amides is 1. The van der Waals surface area contributed by atoms with Gasteiger partial charge in [-0.25, -0.2) is 8.42 Å². The molecule has 13 heteroatoms. The van der Waals surface area contributed by atoms with E-state index in [-0.39, 0.29) is 12.2 Å². The maximum atomic E-state index is 13.2. The molecule has 0 spiro atoms. The molecule has 0 atom stereocenters. The lowest BCUT2D eigenvalue weighted by atomic mass is 10.1. The monoisotopic (exact) mass is 510 g/mol. The van der Waals surface area contributed by atoms with Crippen LogP contribution in [0.2, 0.25) is 5.02 Å². The summed E-state index contributed by atoms with van der Waals surface area (Å²) >= 11 is 5.60. The predicted molar refractivity (Wildman–Crippen MR) is 117 cm³/mol. The standard InChI is InChI=1S/C20H22ClF3N2O6S/c1-30-16-7-12(8-17(31-2)19(16)32-3)10-25-18(27)11-26(33(4,28)29)13-5-6-15(21)14(9-13)20(22,23)24/h5-9H,10-11H2,1-4H3,(H,25,27). The highest BCUT2D eigenvalue weighted by atomic mass is 35.5. The van der Waals surface area contributed by atoms with Gasteiger partial charge in [0.1, 0.15) is 6.54 Å². The van der Waals surface area contributed by atoms with Gasteiger partial charge in [-0.2, -0.15) is 13.2 Å². The first-order valence-corrected chi connectivity index (χ1v) is 11.4. The molecule has 0 saturated carbocycles. The summed E-state index contributed by atoms with van der Waals surface area (Å²) in [6.07, 6.45) is -4.02. The Hall–Kier alpha value is -2.86. The van der Waals surface area contributed by atoms with Crippen LogP contribution in [-0.2, 0) is 27.5 Å². The molecule has 0 unspecified atom stereocenters. The number of benzene rings is 2. The second-order valence-corrected chi connectivity index (χ2v) is 9.06. The molecule has 0 aliphatic heterocycles. The summed E-state index contributed by atoms with van der Waals surface area (Å²) in [5.74, 6) is 0.290. The summed E-state index contributed by atoms with van der Waals surface area (Å²) in [4.78, 5) is 12.5. The van der Waals surface area contributed by atoms with Crippen LogP contribution in [0.1, 0.15) is 11.1 Å². The zero-order valence-corrected chi connectivity index (χ0v) is 19.7. The van der Waals surface area contributed by atoms with Crippen LogP contribution in [0.3, 0.4) is 0 Å². The van der Waals surface area contributed by atoms with E-state index in [0.29, 0.717) is 33.2 Å². The SMILES string of the molecule is COc1cc(CNC(=O)CN(c2ccc(Cl)c(C(F)(F)F)c2)S(C)(=O)=O)cc(OC)c1OC. The van der Waals surface area contributed by atoms with Crippen molar-refractivity contribution < 1.29 is 40.6 Å². The highest BCUT2D eigenvalue weighted by Gasteiger charge is 2.34. The topological polar surface area (TPSA) is 94.2 Å². The van der Waals surface area contributed by atoms with Crippen LogP contribution < -0.4 is 23.8 Å². The average molecular weight is 511 g/mol. The molecule has 8 nitrogen and oxygen atoms in total. The van der Waals surface area contributed by atoms with Crippen molar-refractivity contribution in [1.29, 1.82) is 0 Å². The molecule has 0 fully saturated rings. The van der Waals surface area contributed by atoms with E-state index in [0.717, 1.165) is 18.4 Å². The fraction of sp³-hybridized carbons (Fsp3) is 0.350. The lowest BCUT2D eigenvalue weighted by Gasteiger charge is -2.23. The number of carbonyl (C=O) groups excluding carboxylic acids is 1. The maximum absolute atomic E-state index is 13.2. The third-order valence-electron chi connectivity index (χ3n) is 4.45. The van der Waals surface area contributed by atoms with Crippen LogP contribution in [0, 0.1) is 0 Å². The van der Waals surface area contributed by atoms with Gasteiger partial charge in [0.05, 0.1) is 43.9 Å². The molecular weight excluding hydrogens is 489 g/mol. The Bertz CT molecular complexity index is 1100. The summed E-state index contributed by atoms with van der Waals surface area (Å²) < 4.78 is 80.2. The molecule has 2 aromatic carbocycles. The van der Waals surface area contributed by atoms with Crippen molar-refractivity contribution in [3.05, 3.63) is 46.5 Å². The number of halogens is 4. The van der Waals surface area contributed by atoms with Gasteiger partial charge >= 0.3 is 6.18 Å². The van der Waals surface area contributed by atoms with E-state index in [1.807, 2.05) is 0 Å². The van der Waals surface area contributed by atoms with E-state index in [4.69, 9.17) is 25.8 Å². The average Bonchev–Trinajstić information content (AvgIpc) is 2.74. The fourth-order valence-corrected chi connectivity index (χ4v) is 3.98. The van der Waals surface area contributed by atoms with Crippen LogP contribution in [0.15, 0.2) is 30.3 Å². The van der Waals surface area contributed by atoms with Crippen molar-refractivity contribution in [2.75, 3.05) is 38.4 Å². The van der Waals surface area contributed by atoms with Crippen LogP contribution in [0.25, 0.3) is 0 Å². The number of carbonyl (C=O) groups is 1.